The first-order valence-corrected chi connectivity index (χ1v) is 7.46. The van der Waals surface area contributed by atoms with E-state index < -0.39 is 16.1 Å². The summed E-state index contributed by atoms with van der Waals surface area (Å²) < 4.78 is 32.1. The first-order chi connectivity index (χ1) is 9.31. The van der Waals surface area contributed by atoms with Gasteiger partial charge in [0.15, 0.2) is 0 Å². The van der Waals surface area contributed by atoms with E-state index in [2.05, 4.69) is 14.9 Å². The van der Waals surface area contributed by atoms with E-state index in [0.717, 1.165) is 5.56 Å². The Hall–Kier alpha value is -1.93. The molecule has 7 nitrogen and oxygen atoms in total. The van der Waals surface area contributed by atoms with Gasteiger partial charge in [-0.3, -0.25) is 0 Å². The lowest BCUT2D eigenvalue weighted by Gasteiger charge is -2.14. The fraction of sp³-hybridized carbons (Fsp3) is 0.333. The van der Waals surface area contributed by atoms with Gasteiger partial charge < -0.3 is 10.3 Å². The molecule has 3 N–H and O–H groups in total. The molecule has 0 bridgehead atoms. The van der Waals surface area contributed by atoms with Gasteiger partial charge in [0.1, 0.15) is 16.5 Å². The Bertz CT molecular complexity index is 687. The van der Waals surface area contributed by atoms with Crippen LogP contribution in [0.25, 0.3) is 0 Å². The SMILES string of the molecule is Cc1noc(C)c1C(C)NS(=O)(=O)c1ccc(N)nc1. The van der Waals surface area contributed by atoms with Gasteiger partial charge in [0.2, 0.25) is 10.0 Å². The van der Waals surface area contributed by atoms with Crippen LogP contribution in [-0.2, 0) is 10.0 Å². The Morgan fingerprint density at radius 2 is 2.05 bits per heavy atom. The molecule has 2 rings (SSSR count). The Labute approximate surface area is 117 Å². The lowest BCUT2D eigenvalue weighted by atomic mass is 10.1. The monoisotopic (exact) mass is 296 g/mol. The minimum atomic E-state index is -3.67. The zero-order valence-electron chi connectivity index (χ0n) is 11.4. The number of rotatable bonds is 4. The maximum Gasteiger partial charge on any atom is 0.242 e. The van der Waals surface area contributed by atoms with Crippen LogP contribution in [0.5, 0.6) is 0 Å². The summed E-state index contributed by atoms with van der Waals surface area (Å²) in [5.41, 5.74) is 6.83. The summed E-state index contributed by atoms with van der Waals surface area (Å²) in [5.74, 6) is 0.857. The molecule has 1 atom stereocenters. The topological polar surface area (TPSA) is 111 Å². The zero-order chi connectivity index (χ0) is 14.9. The summed E-state index contributed by atoms with van der Waals surface area (Å²) in [6.45, 7) is 5.24. The van der Waals surface area contributed by atoms with Crippen molar-refractivity contribution in [1.82, 2.24) is 14.9 Å². The molecule has 0 aliphatic carbocycles. The summed E-state index contributed by atoms with van der Waals surface area (Å²) in [4.78, 5) is 3.84. The van der Waals surface area contributed by atoms with Crippen LogP contribution in [0.1, 0.15) is 30.0 Å². The molecule has 0 amide bonds. The van der Waals surface area contributed by atoms with Gasteiger partial charge in [0, 0.05) is 17.8 Å². The number of nitrogen functional groups attached to an aromatic ring is 1. The normalized spacial score (nSPS) is 13.3. The third kappa shape index (κ3) is 2.81. The van der Waals surface area contributed by atoms with E-state index in [9.17, 15) is 8.42 Å². The molecule has 0 radical (unpaired) electrons. The van der Waals surface area contributed by atoms with Gasteiger partial charge in [-0.15, -0.1) is 0 Å². The molecule has 2 aromatic heterocycles. The van der Waals surface area contributed by atoms with Crippen LogP contribution >= 0.6 is 0 Å². The van der Waals surface area contributed by atoms with E-state index in [0.29, 0.717) is 11.5 Å². The highest BCUT2D eigenvalue weighted by Crippen LogP contribution is 2.23. The average Bonchev–Trinajstić information content (AvgIpc) is 2.69. The van der Waals surface area contributed by atoms with Crippen LogP contribution in [0.15, 0.2) is 27.7 Å². The van der Waals surface area contributed by atoms with Gasteiger partial charge in [-0.2, -0.15) is 0 Å². The van der Waals surface area contributed by atoms with Gasteiger partial charge in [-0.05, 0) is 32.9 Å². The van der Waals surface area contributed by atoms with Crippen LogP contribution < -0.4 is 10.5 Å². The van der Waals surface area contributed by atoms with Gasteiger partial charge in [-0.1, -0.05) is 5.16 Å². The molecule has 0 spiro atoms. The quantitative estimate of drug-likeness (QED) is 0.880. The van der Waals surface area contributed by atoms with Gasteiger partial charge in [0.05, 0.1) is 5.69 Å². The Balaban J connectivity index is 2.27. The van der Waals surface area contributed by atoms with Crippen molar-refractivity contribution in [1.29, 1.82) is 0 Å². The van der Waals surface area contributed by atoms with Crippen molar-refractivity contribution < 1.29 is 12.9 Å². The Morgan fingerprint density at radius 3 is 2.55 bits per heavy atom. The Morgan fingerprint density at radius 1 is 1.35 bits per heavy atom. The molecule has 2 aromatic rings. The van der Waals surface area contributed by atoms with Crippen LogP contribution in [0.2, 0.25) is 0 Å². The molecule has 0 fully saturated rings. The van der Waals surface area contributed by atoms with Gasteiger partial charge in [0.25, 0.3) is 0 Å². The molecule has 0 aromatic carbocycles. The van der Waals surface area contributed by atoms with Gasteiger partial charge in [-0.25, -0.2) is 18.1 Å². The molecule has 0 aliphatic rings. The first-order valence-electron chi connectivity index (χ1n) is 5.98. The largest absolute Gasteiger partial charge is 0.384 e. The van der Waals surface area contributed by atoms with E-state index in [1.807, 2.05) is 0 Å². The number of hydrogen-bond acceptors (Lipinski definition) is 6. The number of pyridine rings is 1. The van der Waals surface area contributed by atoms with Crippen molar-refractivity contribution in [2.45, 2.75) is 31.7 Å². The van der Waals surface area contributed by atoms with Crippen LogP contribution in [0.4, 0.5) is 5.82 Å². The van der Waals surface area contributed by atoms with Gasteiger partial charge >= 0.3 is 0 Å². The number of aryl methyl sites for hydroxylation is 2. The molecular weight excluding hydrogens is 280 g/mol. The van der Waals surface area contributed by atoms with Crippen LogP contribution in [-0.4, -0.2) is 18.6 Å². The predicted molar refractivity (Wildman–Crippen MR) is 73.4 cm³/mol. The molecule has 1 unspecified atom stereocenters. The smallest absolute Gasteiger partial charge is 0.242 e. The minimum absolute atomic E-state index is 0.0605. The summed E-state index contributed by atoms with van der Waals surface area (Å²) >= 11 is 0. The summed E-state index contributed by atoms with van der Waals surface area (Å²) in [7, 11) is -3.67. The maximum absolute atomic E-state index is 12.2. The molecular formula is C12H16N4O3S. The second-order valence-corrected chi connectivity index (χ2v) is 6.21. The number of aromatic nitrogens is 2. The lowest BCUT2D eigenvalue weighted by Crippen LogP contribution is -2.27. The number of nitrogens with one attached hydrogen (secondary N) is 1. The summed E-state index contributed by atoms with van der Waals surface area (Å²) in [5, 5.41) is 3.81. The van der Waals surface area contributed by atoms with E-state index in [-0.39, 0.29) is 10.7 Å². The number of hydrogen-bond donors (Lipinski definition) is 2. The van der Waals surface area contributed by atoms with Crippen molar-refractivity contribution in [3.8, 4) is 0 Å². The molecule has 20 heavy (non-hydrogen) atoms. The second-order valence-electron chi connectivity index (χ2n) is 4.50. The van der Waals surface area contributed by atoms with Crippen LogP contribution in [0.3, 0.4) is 0 Å². The number of nitrogens with zero attached hydrogens (tertiary/aromatic N) is 2. The van der Waals surface area contributed by atoms with E-state index >= 15 is 0 Å². The molecule has 0 aliphatic heterocycles. The first kappa shape index (κ1) is 14.5. The van der Waals surface area contributed by atoms with Crippen molar-refractivity contribution in [3.63, 3.8) is 0 Å². The van der Waals surface area contributed by atoms with E-state index in [1.54, 1.807) is 20.8 Å². The third-order valence-electron chi connectivity index (χ3n) is 2.92. The van der Waals surface area contributed by atoms with Crippen molar-refractivity contribution in [2.24, 2.45) is 0 Å². The minimum Gasteiger partial charge on any atom is -0.384 e. The maximum atomic E-state index is 12.2. The standard InChI is InChI=1S/C12H16N4O3S/c1-7-12(9(3)19-15-7)8(2)16-20(17,18)10-4-5-11(13)14-6-10/h4-6,8,16H,1-3H3,(H2,13,14). The van der Waals surface area contributed by atoms with E-state index in [4.69, 9.17) is 10.3 Å². The predicted octanol–water partition coefficient (Wildman–Crippen LogP) is 1.31. The molecule has 0 saturated carbocycles. The average molecular weight is 296 g/mol. The van der Waals surface area contributed by atoms with Crippen molar-refractivity contribution in [3.05, 3.63) is 35.3 Å². The highest BCUT2D eigenvalue weighted by Gasteiger charge is 2.23. The second kappa shape index (κ2) is 5.22. The molecule has 0 saturated heterocycles. The summed E-state index contributed by atoms with van der Waals surface area (Å²) in [6.07, 6.45) is 1.22. The molecule has 8 heteroatoms. The fourth-order valence-electron chi connectivity index (χ4n) is 2.02. The van der Waals surface area contributed by atoms with Crippen molar-refractivity contribution >= 4 is 15.8 Å². The lowest BCUT2D eigenvalue weighted by molar-refractivity contribution is 0.391. The highest BCUT2D eigenvalue weighted by atomic mass is 32.2. The Kier molecular flexibility index (Phi) is 3.78. The number of nitrogens with two attached hydrogens (primary N) is 1. The van der Waals surface area contributed by atoms with Crippen molar-refractivity contribution in [2.75, 3.05) is 5.73 Å². The van der Waals surface area contributed by atoms with E-state index in [1.165, 1.54) is 18.3 Å². The molecule has 108 valence electrons. The number of sulfonamides is 1. The van der Waals surface area contributed by atoms with Crippen LogP contribution in [0, 0.1) is 13.8 Å². The zero-order valence-corrected chi connectivity index (χ0v) is 12.2. The fourth-order valence-corrected chi connectivity index (χ4v) is 3.18. The number of anilines is 1. The summed E-state index contributed by atoms with van der Waals surface area (Å²) in [6, 6.07) is 2.39. The molecule has 2 heterocycles. The third-order valence-corrected chi connectivity index (χ3v) is 4.45. The highest BCUT2D eigenvalue weighted by molar-refractivity contribution is 7.89.